The van der Waals surface area contributed by atoms with Gasteiger partial charge in [0.15, 0.2) is 5.41 Å². The van der Waals surface area contributed by atoms with Gasteiger partial charge in [-0.3, -0.25) is 9.59 Å². The van der Waals surface area contributed by atoms with Crippen LogP contribution in [0.5, 0.6) is 0 Å². The van der Waals surface area contributed by atoms with Crippen molar-refractivity contribution in [2.24, 2.45) is 5.41 Å². The second-order valence-corrected chi connectivity index (χ2v) is 4.13. The summed E-state index contributed by atoms with van der Waals surface area (Å²) in [5, 5.41) is 0. The molecule has 19 heavy (non-hydrogen) atoms. The van der Waals surface area contributed by atoms with Gasteiger partial charge in [-0.1, -0.05) is 6.92 Å². The summed E-state index contributed by atoms with van der Waals surface area (Å²) < 4.78 is 15.3. The summed E-state index contributed by atoms with van der Waals surface area (Å²) in [6.07, 6.45) is 1.95. The molecule has 0 saturated heterocycles. The van der Waals surface area contributed by atoms with Gasteiger partial charge >= 0.3 is 11.9 Å². The minimum Gasteiger partial charge on any atom is -0.469 e. The minimum atomic E-state index is -1.33. The van der Waals surface area contributed by atoms with Crippen molar-refractivity contribution in [2.75, 3.05) is 13.2 Å². The van der Waals surface area contributed by atoms with Crippen LogP contribution in [0.25, 0.3) is 0 Å². The average Bonchev–Trinajstić information content (AvgIpc) is 2.89. The Balaban J connectivity index is 3.05. The summed E-state index contributed by atoms with van der Waals surface area (Å²) in [5.74, 6) is -0.567. The molecular weight excluding hydrogens is 248 g/mol. The molecule has 5 nitrogen and oxygen atoms in total. The number of esters is 2. The molecule has 1 aromatic heterocycles. The van der Waals surface area contributed by atoms with E-state index >= 15 is 0 Å². The Bertz CT molecular complexity index is 389. The van der Waals surface area contributed by atoms with E-state index in [9.17, 15) is 9.59 Å². The first kappa shape index (κ1) is 15.3. The molecule has 0 radical (unpaired) electrons. The molecular formula is C14H20O5. The van der Waals surface area contributed by atoms with Crippen LogP contribution in [0.4, 0.5) is 0 Å². The van der Waals surface area contributed by atoms with Gasteiger partial charge in [-0.05, 0) is 32.4 Å². The normalized spacial score (nSPS) is 11.1. The van der Waals surface area contributed by atoms with E-state index < -0.39 is 17.4 Å². The van der Waals surface area contributed by atoms with Gasteiger partial charge in [0.2, 0.25) is 0 Å². The van der Waals surface area contributed by atoms with Gasteiger partial charge in [0, 0.05) is 6.42 Å². The van der Waals surface area contributed by atoms with Crippen molar-refractivity contribution < 1.29 is 23.5 Å². The highest BCUT2D eigenvalue weighted by Gasteiger charge is 2.48. The fourth-order valence-electron chi connectivity index (χ4n) is 1.89. The Morgan fingerprint density at radius 2 is 1.74 bits per heavy atom. The predicted octanol–water partition coefficient (Wildman–Crippen LogP) is 2.34. The Hall–Kier alpha value is -1.78. The second kappa shape index (κ2) is 6.97. The van der Waals surface area contributed by atoms with E-state index in [1.807, 2.05) is 0 Å². The highest BCUT2D eigenvalue weighted by molar-refractivity contribution is 6.00. The summed E-state index contributed by atoms with van der Waals surface area (Å²) in [4.78, 5) is 24.3. The molecule has 0 aromatic carbocycles. The van der Waals surface area contributed by atoms with E-state index in [0.29, 0.717) is 12.2 Å². The van der Waals surface area contributed by atoms with Crippen LogP contribution in [0.15, 0.2) is 22.8 Å². The third kappa shape index (κ3) is 3.36. The second-order valence-electron chi connectivity index (χ2n) is 4.13. The van der Waals surface area contributed by atoms with Crippen molar-refractivity contribution in [1.29, 1.82) is 0 Å². The molecule has 0 spiro atoms. The highest BCUT2D eigenvalue weighted by Crippen LogP contribution is 2.31. The molecule has 1 rings (SSSR count). The number of carbonyl (C=O) groups is 2. The summed E-state index contributed by atoms with van der Waals surface area (Å²) in [6, 6.07) is 3.44. The Kier molecular flexibility index (Phi) is 5.60. The number of furan rings is 1. The van der Waals surface area contributed by atoms with Crippen LogP contribution in [0.3, 0.4) is 0 Å². The fourth-order valence-corrected chi connectivity index (χ4v) is 1.89. The van der Waals surface area contributed by atoms with Gasteiger partial charge < -0.3 is 13.9 Å². The zero-order valence-electron chi connectivity index (χ0n) is 11.6. The smallest absolute Gasteiger partial charge is 0.323 e. The van der Waals surface area contributed by atoms with E-state index in [0.717, 1.165) is 0 Å². The molecule has 0 amide bonds. The van der Waals surface area contributed by atoms with Crippen molar-refractivity contribution in [3.8, 4) is 0 Å². The van der Waals surface area contributed by atoms with Gasteiger partial charge in [-0.2, -0.15) is 0 Å². The van der Waals surface area contributed by atoms with Crippen LogP contribution in [0.2, 0.25) is 0 Å². The fraction of sp³-hybridized carbons (Fsp3) is 0.571. The van der Waals surface area contributed by atoms with E-state index in [1.54, 1.807) is 32.9 Å². The maximum absolute atomic E-state index is 12.2. The maximum Gasteiger partial charge on any atom is 0.323 e. The SMILES string of the molecule is CCOC(=O)C(CC)(Cc1ccco1)C(=O)OCC. The number of hydrogen-bond donors (Lipinski definition) is 0. The van der Waals surface area contributed by atoms with Crippen molar-refractivity contribution in [1.82, 2.24) is 0 Å². The van der Waals surface area contributed by atoms with Crippen LogP contribution < -0.4 is 0 Å². The molecule has 0 aliphatic carbocycles. The van der Waals surface area contributed by atoms with Crippen molar-refractivity contribution in [2.45, 2.75) is 33.6 Å². The lowest BCUT2D eigenvalue weighted by atomic mass is 9.80. The molecule has 0 aliphatic heterocycles. The monoisotopic (exact) mass is 268 g/mol. The number of ether oxygens (including phenoxy) is 2. The van der Waals surface area contributed by atoms with Gasteiger partial charge in [-0.25, -0.2) is 0 Å². The van der Waals surface area contributed by atoms with E-state index in [-0.39, 0.29) is 19.6 Å². The molecule has 0 unspecified atom stereocenters. The minimum absolute atomic E-state index is 0.147. The molecule has 106 valence electrons. The third-order valence-corrected chi connectivity index (χ3v) is 2.99. The first-order valence-corrected chi connectivity index (χ1v) is 6.47. The summed E-state index contributed by atoms with van der Waals surface area (Å²) in [6.45, 7) is 5.61. The number of hydrogen-bond acceptors (Lipinski definition) is 5. The van der Waals surface area contributed by atoms with Crippen LogP contribution in [0.1, 0.15) is 33.0 Å². The zero-order valence-corrected chi connectivity index (χ0v) is 11.6. The van der Waals surface area contributed by atoms with E-state index in [1.165, 1.54) is 6.26 Å². The summed E-state index contributed by atoms with van der Waals surface area (Å²) in [5.41, 5.74) is -1.33. The molecule has 1 aromatic rings. The number of rotatable bonds is 7. The van der Waals surface area contributed by atoms with Crippen LogP contribution in [-0.4, -0.2) is 25.2 Å². The largest absolute Gasteiger partial charge is 0.469 e. The van der Waals surface area contributed by atoms with Crippen LogP contribution in [0, 0.1) is 5.41 Å². The van der Waals surface area contributed by atoms with Crippen molar-refractivity contribution >= 4 is 11.9 Å². The highest BCUT2D eigenvalue weighted by atomic mass is 16.6. The Morgan fingerprint density at radius 1 is 1.16 bits per heavy atom. The summed E-state index contributed by atoms with van der Waals surface area (Å²) in [7, 11) is 0. The molecule has 0 bridgehead atoms. The van der Waals surface area contributed by atoms with Crippen molar-refractivity contribution in [3.63, 3.8) is 0 Å². The van der Waals surface area contributed by atoms with Gasteiger partial charge in [0.05, 0.1) is 19.5 Å². The topological polar surface area (TPSA) is 65.7 Å². The first-order chi connectivity index (χ1) is 9.10. The summed E-state index contributed by atoms with van der Waals surface area (Å²) >= 11 is 0. The van der Waals surface area contributed by atoms with Crippen LogP contribution in [-0.2, 0) is 25.5 Å². The lowest BCUT2D eigenvalue weighted by Crippen LogP contribution is -2.43. The maximum atomic E-state index is 12.2. The molecule has 0 atom stereocenters. The zero-order chi connectivity index (χ0) is 14.3. The standard InChI is InChI=1S/C14H20O5/c1-4-14(12(15)17-5-2,13(16)18-6-3)10-11-8-7-9-19-11/h7-9H,4-6,10H2,1-3H3. The predicted molar refractivity (Wildman–Crippen MR) is 68.4 cm³/mol. The average molecular weight is 268 g/mol. The lowest BCUT2D eigenvalue weighted by Gasteiger charge is -2.27. The van der Waals surface area contributed by atoms with Gasteiger partial charge in [-0.15, -0.1) is 0 Å². The molecule has 1 heterocycles. The Labute approximate surface area is 112 Å². The van der Waals surface area contributed by atoms with Crippen molar-refractivity contribution in [3.05, 3.63) is 24.2 Å². The van der Waals surface area contributed by atoms with Crippen LogP contribution >= 0.6 is 0 Å². The molecule has 0 N–H and O–H groups in total. The van der Waals surface area contributed by atoms with E-state index in [2.05, 4.69) is 0 Å². The molecule has 0 saturated carbocycles. The molecule has 5 heteroatoms. The Morgan fingerprint density at radius 3 is 2.11 bits per heavy atom. The molecule has 0 fully saturated rings. The van der Waals surface area contributed by atoms with Gasteiger partial charge in [0.1, 0.15) is 5.76 Å². The first-order valence-electron chi connectivity index (χ1n) is 6.47. The molecule has 0 aliphatic rings. The quantitative estimate of drug-likeness (QED) is 0.561. The van der Waals surface area contributed by atoms with E-state index in [4.69, 9.17) is 13.9 Å². The van der Waals surface area contributed by atoms with Gasteiger partial charge in [0.25, 0.3) is 0 Å². The third-order valence-electron chi connectivity index (χ3n) is 2.99. The lowest BCUT2D eigenvalue weighted by molar-refractivity contribution is -0.172. The number of carbonyl (C=O) groups excluding carboxylic acids is 2.